The van der Waals surface area contributed by atoms with Crippen LogP contribution in [0.3, 0.4) is 0 Å². The van der Waals surface area contributed by atoms with E-state index in [4.69, 9.17) is 23.2 Å². The van der Waals surface area contributed by atoms with Gasteiger partial charge < -0.3 is 15.1 Å². The first-order valence-electron chi connectivity index (χ1n) is 9.63. The van der Waals surface area contributed by atoms with Crippen LogP contribution in [0, 0.1) is 6.92 Å². The quantitative estimate of drug-likeness (QED) is 0.577. The maximum Gasteiger partial charge on any atom is 0.178 e. The molecule has 152 valence electrons. The van der Waals surface area contributed by atoms with Crippen molar-refractivity contribution in [2.45, 2.75) is 53.0 Å². The molecule has 0 fully saturated rings. The Labute approximate surface area is 177 Å². The number of fused-ring (bicyclic) bond motifs is 1. The lowest BCUT2D eigenvalue weighted by molar-refractivity contribution is 0.308. The smallest absolute Gasteiger partial charge is 0.178 e. The Morgan fingerprint density at radius 3 is 2.39 bits per heavy atom. The average Bonchev–Trinajstić information content (AvgIpc) is 2.73. The largest absolute Gasteiger partial charge is 0.503 e. The van der Waals surface area contributed by atoms with Crippen molar-refractivity contribution in [3.05, 3.63) is 63.0 Å². The third kappa shape index (κ3) is 4.92. The zero-order valence-electron chi connectivity index (χ0n) is 16.7. The standard InChI is InChI=1S/C20H22Cl2N2O2.C2H6/c1-12-6-7-14(23-10-12)5-3-4-13(2)24-9-8-15-16(11-24)18(22)20(26)19(25)17(15)21;1-2/h6-7,10,25-26H,2-5,8-9,11H2,1H3;1-2H3. The van der Waals surface area contributed by atoms with Gasteiger partial charge in [0, 0.05) is 30.7 Å². The highest BCUT2D eigenvalue weighted by Gasteiger charge is 2.27. The Balaban J connectivity index is 0.00000136. The number of phenols is 2. The highest BCUT2D eigenvalue weighted by molar-refractivity contribution is 6.36. The number of aromatic nitrogens is 1. The molecular formula is C22H28Cl2N2O2. The summed E-state index contributed by atoms with van der Waals surface area (Å²) in [5, 5.41) is 20.2. The van der Waals surface area contributed by atoms with Crippen LogP contribution in [0.15, 0.2) is 30.6 Å². The number of benzene rings is 1. The van der Waals surface area contributed by atoms with E-state index in [9.17, 15) is 10.2 Å². The molecule has 3 rings (SSSR count). The van der Waals surface area contributed by atoms with E-state index in [0.29, 0.717) is 13.0 Å². The van der Waals surface area contributed by atoms with Crippen LogP contribution >= 0.6 is 23.2 Å². The van der Waals surface area contributed by atoms with Gasteiger partial charge in [0.2, 0.25) is 0 Å². The van der Waals surface area contributed by atoms with E-state index in [1.165, 1.54) is 0 Å². The molecule has 2 aromatic rings. The van der Waals surface area contributed by atoms with Crippen molar-refractivity contribution in [3.63, 3.8) is 0 Å². The van der Waals surface area contributed by atoms with Crippen molar-refractivity contribution in [3.8, 4) is 11.5 Å². The van der Waals surface area contributed by atoms with Gasteiger partial charge in [0.1, 0.15) is 0 Å². The monoisotopic (exact) mass is 422 g/mol. The summed E-state index contributed by atoms with van der Waals surface area (Å²) in [6.45, 7) is 11.5. The lowest BCUT2D eigenvalue weighted by Crippen LogP contribution is -2.30. The second-order valence-electron chi connectivity index (χ2n) is 6.70. The molecule has 4 nitrogen and oxygen atoms in total. The fraction of sp³-hybridized carbons (Fsp3) is 0.409. The maximum atomic E-state index is 9.94. The van der Waals surface area contributed by atoms with Crippen molar-refractivity contribution in [1.29, 1.82) is 0 Å². The number of aryl methyl sites for hydroxylation is 2. The Hall–Kier alpha value is -1.91. The Bertz CT molecular complexity index is 836. The Morgan fingerprint density at radius 1 is 1.14 bits per heavy atom. The zero-order valence-corrected chi connectivity index (χ0v) is 18.2. The summed E-state index contributed by atoms with van der Waals surface area (Å²) in [4.78, 5) is 6.59. The molecule has 2 N–H and O–H groups in total. The van der Waals surface area contributed by atoms with Gasteiger partial charge in [0.25, 0.3) is 0 Å². The number of hydrogen-bond donors (Lipinski definition) is 2. The Kier molecular flexibility index (Phi) is 8.02. The van der Waals surface area contributed by atoms with Crippen LogP contribution in [-0.4, -0.2) is 26.6 Å². The zero-order chi connectivity index (χ0) is 20.8. The third-order valence-corrected chi connectivity index (χ3v) is 5.65. The highest BCUT2D eigenvalue weighted by atomic mass is 35.5. The minimum atomic E-state index is -0.353. The molecule has 1 aliphatic rings. The molecule has 0 bridgehead atoms. The van der Waals surface area contributed by atoms with Gasteiger partial charge in [-0.1, -0.05) is 49.7 Å². The van der Waals surface area contributed by atoms with Crippen molar-refractivity contribution < 1.29 is 10.2 Å². The van der Waals surface area contributed by atoms with E-state index in [1.807, 2.05) is 27.0 Å². The van der Waals surface area contributed by atoms with E-state index in [2.05, 4.69) is 28.6 Å². The molecule has 0 saturated heterocycles. The van der Waals surface area contributed by atoms with Gasteiger partial charge in [0.15, 0.2) is 11.5 Å². The minimum absolute atomic E-state index is 0.170. The second kappa shape index (κ2) is 10.0. The van der Waals surface area contributed by atoms with Crippen LogP contribution in [0.4, 0.5) is 0 Å². The number of allylic oxidation sites excluding steroid dienone is 1. The average molecular weight is 423 g/mol. The first kappa shape index (κ1) is 22.4. The van der Waals surface area contributed by atoms with Crippen LogP contribution < -0.4 is 0 Å². The molecule has 1 aromatic carbocycles. The number of hydrogen-bond acceptors (Lipinski definition) is 4. The van der Waals surface area contributed by atoms with E-state index in [1.54, 1.807) is 0 Å². The van der Waals surface area contributed by atoms with Gasteiger partial charge in [-0.05, 0) is 55.4 Å². The fourth-order valence-corrected chi connectivity index (χ4v) is 3.81. The molecular weight excluding hydrogens is 395 g/mol. The van der Waals surface area contributed by atoms with Crippen LogP contribution in [0.5, 0.6) is 11.5 Å². The van der Waals surface area contributed by atoms with E-state index in [-0.39, 0.29) is 21.5 Å². The molecule has 0 amide bonds. The van der Waals surface area contributed by atoms with Gasteiger partial charge in [-0.15, -0.1) is 0 Å². The normalized spacial score (nSPS) is 12.8. The van der Waals surface area contributed by atoms with Crippen LogP contribution in [-0.2, 0) is 19.4 Å². The summed E-state index contributed by atoms with van der Waals surface area (Å²) >= 11 is 12.4. The minimum Gasteiger partial charge on any atom is -0.503 e. The predicted molar refractivity (Wildman–Crippen MR) is 116 cm³/mol. The van der Waals surface area contributed by atoms with Crippen LogP contribution in [0.1, 0.15) is 49.1 Å². The summed E-state index contributed by atoms with van der Waals surface area (Å²) < 4.78 is 0. The third-order valence-electron chi connectivity index (χ3n) is 4.83. The molecule has 0 radical (unpaired) electrons. The maximum absolute atomic E-state index is 9.94. The molecule has 0 spiro atoms. The van der Waals surface area contributed by atoms with Gasteiger partial charge in [-0.3, -0.25) is 4.98 Å². The molecule has 28 heavy (non-hydrogen) atoms. The Morgan fingerprint density at radius 2 is 1.79 bits per heavy atom. The molecule has 0 saturated carbocycles. The lowest BCUT2D eigenvalue weighted by atomic mass is 9.97. The second-order valence-corrected chi connectivity index (χ2v) is 7.46. The summed E-state index contributed by atoms with van der Waals surface area (Å²) in [5.74, 6) is -0.693. The molecule has 6 heteroatoms. The number of nitrogens with zero attached hydrogens (tertiary/aromatic N) is 2. The number of halogens is 2. The highest BCUT2D eigenvalue weighted by Crippen LogP contribution is 2.46. The summed E-state index contributed by atoms with van der Waals surface area (Å²) in [6.07, 6.45) is 5.28. The summed E-state index contributed by atoms with van der Waals surface area (Å²) in [7, 11) is 0. The van der Waals surface area contributed by atoms with E-state index >= 15 is 0 Å². The van der Waals surface area contributed by atoms with Gasteiger partial charge in [-0.2, -0.15) is 0 Å². The first-order chi connectivity index (χ1) is 13.4. The topological polar surface area (TPSA) is 56.6 Å². The molecule has 0 unspecified atom stereocenters. The van der Waals surface area contributed by atoms with E-state index < -0.39 is 0 Å². The van der Waals surface area contributed by atoms with E-state index in [0.717, 1.165) is 53.9 Å². The fourth-order valence-electron chi connectivity index (χ4n) is 3.25. The van der Waals surface area contributed by atoms with Gasteiger partial charge in [0.05, 0.1) is 10.0 Å². The van der Waals surface area contributed by atoms with Crippen molar-refractivity contribution in [2.75, 3.05) is 6.54 Å². The summed E-state index contributed by atoms with van der Waals surface area (Å²) in [6, 6.07) is 4.14. The lowest BCUT2D eigenvalue weighted by Gasteiger charge is -2.33. The molecule has 0 aliphatic carbocycles. The number of pyridine rings is 1. The molecule has 0 atom stereocenters. The predicted octanol–water partition coefficient (Wildman–Crippen LogP) is 6.03. The van der Waals surface area contributed by atoms with Crippen molar-refractivity contribution in [1.82, 2.24) is 9.88 Å². The number of phenolic OH excluding ortho intramolecular Hbond substituents is 2. The van der Waals surface area contributed by atoms with Crippen molar-refractivity contribution in [2.24, 2.45) is 0 Å². The summed E-state index contributed by atoms with van der Waals surface area (Å²) in [5.41, 5.74) is 4.85. The van der Waals surface area contributed by atoms with Gasteiger partial charge in [-0.25, -0.2) is 0 Å². The van der Waals surface area contributed by atoms with Gasteiger partial charge >= 0.3 is 0 Å². The SMILES string of the molecule is C=C(CCCc1ccc(C)cn1)N1CCc2c(Cl)c(O)c(O)c(Cl)c2C1.CC. The number of aromatic hydroxyl groups is 2. The first-order valence-corrected chi connectivity index (χ1v) is 10.4. The van der Waals surface area contributed by atoms with Crippen LogP contribution in [0.2, 0.25) is 10.0 Å². The molecule has 1 aromatic heterocycles. The number of rotatable bonds is 5. The van der Waals surface area contributed by atoms with Crippen LogP contribution in [0.25, 0.3) is 0 Å². The van der Waals surface area contributed by atoms with Crippen molar-refractivity contribution >= 4 is 23.2 Å². The molecule has 2 heterocycles. The molecule has 1 aliphatic heterocycles.